The van der Waals surface area contributed by atoms with Crippen LogP contribution in [0.1, 0.15) is 39.7 Å². The van der Waals surface area contributed by atoms with Crippen molar-refractivity contribution < 1.29 is 14.6 Å². The molecule has 0 aliphatic carbocycles. The van der Waals surface area contributed by atoms with Crippen molar-refractivity contribution in [3.63, 3.8) is 0 Å². The van der Waals surface area contributed by atoms with Gasteiger partial charge in [0.25, 0.3) is 0 Å². The first kappa shape index (κ1) is 14.8. The number of hydrogen-bond acceptors (Lipinski definition) is 4. The second kappa shape index (κ2) is 4.46. The average Bonchev–Trinajstić information content (AvgIpc) is 2.50. The minimum absolute atomic E-state index is 0.272. The van der Waals surface area contributed by atoms with E-state index in [2.05, 4.69) is 13.8 Å². The van der Waals surface area contributed by atoms with Gasteiger partial charge in [0.15, 0.2) is 11.3 Å². The Morgan fingerprint density at radius 2 is 1.85 bits per heavy atom. The van der Waals surface area contributed by atoms with E-state index in [0.29, 0.717) is 6.42 Å². The van der Waals surface area contributed by atoms with Crippen molar-refractivity contribution in [2.75, 3.05) is 0 Å². The molecule has 5 nitrogen and oxygen atoms in total. The molecule has 0 unspecified atom stereocenters. The second-order valence-corrected chi connectivity index (χ2v) is 6.42. The topological polar surface area (TPSA) is 75.8 Å². The number of ether oxygens (including phenoxy) is 1. The molecule has 20 heavy (non-hydrogen) atoms. The number of rotatable bonds is 3. The molecule has 1 fully saturated rings. The van der Waals surface area contributed by atoms with Gasteiger partial charge in [-0.05, 0) is 24.8 Å². The maximum absolute atomic E-state index is 11.6. The summed E-state index contributed by atoms with van der Waals surface area (Å²) in [5.41, 5.74) is -1.77. The van der Waals surface area contributed by atoms with Gasteiger partial charge in [0.2, 0.25) is 0 Å². The van der Waals surface area contributed by atoms with Crippen molar-refractivity contribution >= 4 is 6.09 Å². The Balaban J connectivity index is 2.31. The lowest BCUT2D eigenvalue weighted by Gasteiger charge is -2.40. The van der Waals surface area contributed by atoms with Gasteiger partial charge >= 0.3 is 6.09 Å². The predicted octanol–water partition coefficient (Wildman–Crippen LogP) is 2.15. The summed E-state index contributed by atoms with van der Waals surface area (Å²) in [6.45, 7) is 7.31. The molecule has 1 aromatic rings. The van der Waals surface area contributed by atoms with Gasteiger partial charge in [-0.15, -0.1) is 0 Å². The molecule has 0 spiro atoms. The van der Waals surface area contributed by atoms with Crippen molar-refractivity contribution in [2.24, 2.45) is 5.84 Å². The molecular weight excluding hydrogens is 256 g/mol. The molecule has 1 aromatic carbocycles. The zero-order chi connectivity index (χ0) is 15.2. The first-order valence-corrected chi connectivity index (χ1v) is 6.66. The molecule has 0 saturated carbocycles. The highest BCUT2D eigenvalue weighted by atomic mass is 16.6. The Labute approximate surface area is 119 Å². The van der Waals surface area contributed by atoms with E-state index in [0.717, 1.165) is 10.6 Å². The van der Waals surface area contributed by atoms with E-state index in [-0.39, 0.29) is 5.41 Å². The van der Waals surface area contributed by atoms with E-state index in [1.54, 1.807) is 6.92 Å². The number of hydrazine groups is 1. The first-order valence-electron chi connectivity index (χ1n) is 6.66. The van der Waals surface area contributed by atoms with E-state index in [4.69, 9.17) is 10.6 Å². The largest absolute Gasteiger partial charge is 0.437 e. The summed E-state index contributed by atoms with van der Waals surface area (Å²) < 4.78 is 5.35. The van der Waals surface area contributed by atoms with Gasteiger partial charge in [0.05, 0.1) is 0 Å². The number of nitrogens with zero attached hydrogens (tertiary/aromatic N) is 1. The summed E-state index contributed by atoms with van der Waals surface area (Å²) in [6, 6.07) is 9.93. The number of amides is 1. The summed E-state index contributed by atoms with van der Waals surface area (Å²) in [5.74, 6) is 5.60. The third-order valence-electron chi connectivity index (χ3n) is 4.31. The van der Waals surface area contributed by atoms with E-state index in [1.807, 2.05) is 30.3 Å². The summed E-state index contributed by atoms with van der Waals surface area (Å²) >= 11 is 0. The zero-order valence-electron chi connectivity index (χ0n) is 12.4. The molecule has 1 aliphatic heterocycles. The number of aliphatic hydroxyl groups is 1. The molecule has 2 atom stereocenters. The highest BCUT2D eigenvalue weighted by molar-refractivity contribution is 5.71. The highest BCUT2D eigenvalue weighted by Gasteiger charge is 2.60. The van der Waals surface area contributed by atoms with Gasteiger partial charge < -0.3 is 9.84 Å². The molecule has 0 radical (unpaired) electrons. The molecule has 3 N–H and O–H groups in total. The Hall–Kier alpha value is -1.59. The van der Waals surface area contributed by atoms with Crippen LogP contribution in [0.4, 0.5) is 4.79 Å². The molecule has 0 aromatic heterocycles. The molecule has 2 rings (SSSR count). The lowest BCUT2D eigenvalue weighted by Crippen LogP contribution is -2.59. The number of benzene rings is 1. The Bertz CT molecular complexity index is 513. The number of nitrogens with two attached hydrogens (primary N) is 1. The molecule has 1 aliphatic rings. The van der Waals surface area contributed by atoms with Gasteiger partial charge in [-0.3, -0.25) is 0 Å². The zero-order valence-corrected chi connectivity index (χ0v) is 12.4. The Morgan fingerprint density at radius 3 is 2.30 bits per heavy atom. The van der Waals surface area contributed by atoms with Gasteiger partial charge in [-0.25, -0.2) is 15.6 Å². The van der Waals surface area contributed by atoms with Crippen LogP contribution in [0.5, 0.6) is 0 Å². The molecular formula is C15H22N2O3. The van der Waals surface area contributed by atoms with Crippen molar-refractivity contribution in [3.8, 4) is 0 Å². The third kappa shape index (κ3) is 2.17. The quantitative estimate of drug-likeness (QED) is 0.656. The molecule has 5 heteroatoms. The normalized spacial score (nSPS) is 30.5. The van der Waals surface area contributed by atoms with Crippen molar-refractivity contribution in [3.05, 3.63) is 35.9 Å². The smallest absolute Gasteiger partial charge is 0.427 e. The van der Waals surface area contributed by atoms with E-state index in [1.165, 1.54) is 6.92 Å². The minimum Gasteiger partial charge on any atom is -0.437 e. The van der Waals surface area contributed by atoms with E-state index in [9.17, 15) is 9.90 Å². The molecule has 0 bridgehead atoms. The lowest BCUT2D eigenvalue weighted by molar-refractivity contribution is -0.146. The fraction of sp³-hybridized carbons (Fsp3) is 0.533. The maximum Gasteiger partial charge on any atom is 0.427 e. The third-order valence-corrected chi connectivity index (χ3v) is 4.31. The summed E-state index contributed by atoms with van der Waals surface area (Å²) in [7, 11) is 0. The average molecular weight is 278 g/mol. The fourth-order valence-electron chi connectivity index (χ4n) is 2.81. The Kier molecular flexibility index (Phi) is 3.31. The molecule has 1 heterocycles. The monoisotopic (exact) mass is 278 g/mol. The summed E-state index contributed by atoms with van der Waals surface area (Å²) in [4.78, 5) is 11.6. The van der Waals surface area contributed by atoms with Crippen LogP contribution in [-0.4, -0.2) is 27.5 Å². The standard InChI is InChI=1S/C15H22N2O3/c1-13(2,11-8-6-5-7-9-11)10-14(3)15(4,19)17(16)12(18)20-14/h5-9,19H,10,16H2,1-4H3/t14-,15+/m0/s1. The van der Waals surface area contributed by atoms with E-state index < -0.39 is 17.4 Å². The van der Waals surface area contributed by atoms with Crippen molar-refractivity contribution in [2.45, 2.75) is 50.9 Å². The van der Waals surface area contributed by atoms with Crippen LogP contribution < -0.4 is 5.84 Å². The van der Waals surface area contributed by atoms with Crippen molar-refractivity contribution in [1.29, 1.82) is 0 Å². The molecule has 1 saturated heterocycles. The predicted molar refractivity (Wildman–Crippen MR) is 75.6 cm³/mol. The van der Waals surface area contributed by atoms with Crippen LogP contribution in [0.25, 0.3) is 0 Å². The van der Waals surface area contributed by atoms with Gasteiger partial charge in [-0.2, -0.15) is 0 Å². The summed E-state index contributed by atoms with van der Waals surface area (Å²) in [5, 5.41) is 11.3. The highest BCUT2D eigenvalue weighted by Crippen LogP contribution is 2.44. The van der Waals surface area contributed by atoms with Gasteiger partial charge in [-0.1, -0.05) is 44.2 Å². The molecule has 1 amide bonds. The van der Waals surface area contributed by atoms with Crippen LogP contribution in [0.15, 0.2) is 30.3 Å². The SMILES string of the molecule is CC(C)(C[C@]1(C)OC(=O)N(N)[C@]1(C)O)c1ccccc1. The minimum atomic E-state index is -1.55. The van der Waals surface area contributed by atoms with Gasteiger partial charge in [0, 0.05) is 6.42 Å². The Morgan fingerprint density at radius 1 is 1.30 bits per heavy atom. The number of carbonyl (C=O) groups is 1. The molecule has 110 valence electrons. The van der Waals surface area contributed by atoms with Crippen molar-refractivity contribution in [1.82, 2.24) is 5.01 Å². The van der Waals surface area contributed by atoms with Crippen LogP contribution in [0.2, 0.25) is 0 Å². The van der Waals surface area contributed by atoms with Crippen LogP contribution in [0, 0.1) is 0 Å². The first-order chi connectivity index (χ1) is 9.10. The van der Waals surface area contributed by atoms with Crippen LogP contribution >= 0.6 is 0 Å². The van der Waals surface area contributed by atoms with Crippen LogP contribution in [0.3, 0.4) is 0 Å². The number of cyclic esters (lactones) is 1. The van der Waals surface area contributed by atoms with E-state index >= 15 is 0 Å². The lowest BCUT2D eigenvalue weighted by atomic mass is 9.73. The van der Waals surface area contributed by atoms with Gasteiger partial charge in [0.1, 0.15) is 0 Å². The summed E-state index contributed by atoms with van der Waals surface area (Å²) in [6.07, 6.45) is -0.252. The number of hydrogen-bond donors (Lipinski definition) is 2. The number of carbonyl (C=O) groups excluding carboxylic acids is 1. The van der Waals surface area contributed by atoms with Crippen LogP contribution in [-0.2, 0) is 10.2 Å². The second-order valence-electron chi connectivity index (χ2n) is 6.42. The maximum atomic E-state index is 11.6. The fourth-order valence-corrected chi connectivity index (χ4v) is 2.81.